The van der Waals surface area contributed by atoms with Gasteiger partial charge in [-0.2, -0.15) is 0 Å². The van der Waals surface area contributed by atoms with Gasteiger partial charge in [0.05, 0.1) is 0 Å². The molecule has 6 nitrogen and oxygen atoms in total. The first kappa shape index (κ1) is 6.84. The highest BCUT2D eigenvalue weighted by molar-refractivity contribution is 5.44. The van der Waals surface area contributed by atoms with Crippen LogP contribution in [-0.2, 0) is 0 Å². The zero-order valence-corrected chi connectivity index (χ0v) is 6.30. The van der Waals surface area contributed by atoms with Crippen LogP contribution in [0.4, 0.5) is 0 Å². The Kier molecular flexibility index (Phi) is 1.51. The summed E-state index contributed by atoms with van der Waals surface area (Å²) in [4.78, 5) is 0. The van der Waals surface area contributed by atoms with E-state index in [0.717, 1.165) is 0 Å². The third-order valence-corrected chi connectivity index (χ3v) is 1.25. The molecule has 0 fully saturated rings. The van der Waals surface area contributed by atoms with Crippen LogP contribution in [0, 0.1) is 6.92 Å². The molecule has 0 unspecified atom stereocenters. The molecule has 0 aliphatic heterocycles. The molecule has 0 spiro atoms. The number of rotatable bonds is 1. The number of aromatic nitrogens is 5. The third kappa shape index (κ3) is 1.14. The Balaban J connectivity index is 2.43. The molecule has 0 bridgehead atoms. The zero-order chi connectivity index (χ0) is 8.39. The second-order valence-corrected chi connectivity index (χ2v) is 2.16. The second kappa shape index (κ2) is 2.65. The van der Waals surface area contributed by atoms with Gasteiger partial charge in [-0.3, -0.25) is 0 Å². The molecule has 60 valence electrons. The van der Waals surface area contributed by atoms with Crippen LogP contribution in [0.2, 0.25) is 0 Å². The van der Waals surface area contributed by atoms with Crippen LogP contribution in [0.1, 0.15) is 5.82 Å². The summed E-state index contributed by atoms with van der Waals surface area (Å²) in [7, 11) is 0. The summed E-state index contributed by atoms with van der Waals surface area (Å²) < 4.78 is 4.61. The maximum Gasteiger partial charge on any atom is 0.225 e. The summed E-state index contributed by atoms with van der Waals surface area (Å²) in [6.07, 6.45) is 1.44. The highest BCUT2D eigenvalue weighted by Crippen LogP contribution is 2.07. The summed E-state index contributed by atoms with van der Waals surface area (Å²) in [6, 6.07) is 1.65. The highest BCUT2D eigenvalue weighted by Gasteiger charge is 2.04. The maximum atomic E-state index is 4.61. The Hall–Kier alpha value is -1.85. The van der Waals surface area contributed by atoms with Gasteiger partial charge in [-0.1, -0.05) is 5.16 Å². The van der Waals surface area contributed by atoms with Crippen molar-refractivity contribution in [2.45, 2.75) is 6.92 Å². The largest absolute Gasteiger partial charge is 0.364 e. The van der Waals surface area contributed by atoms with Gasteiger partial charge in [-0.05, 0) is 6.92 Å². The molecule has 2 aromatic rings. The van der Waals surface area contributed by atoms with E-state index in [4.69, 9.17) is 0 Å². The lowest BCUT2D eigenvalue weighted by molar-refractivity contribution is 0.421. The van der Waals surface area contributed by atoms with Gasteiger partial charge in [0.1, 0.15) is 6.26 Å². The van der Waals surface area contributed by atoms with Crippen LogP contribution in [-0.4, -0.2) is 25.6 Å². The smallest absolute Gasteiger partial charge is 0.225 e. The van der Waals surface area contributed by atoms with Crippen molar-refractivity contribution in [1.29, 1.82) is 0 Å². The van der Waals surface area contributed by atoms with Crippen LogP contribution in [0.3, 0.4) is 0 Å². The quantitative estimate of drug-likeness (QED) is 0.598. The molecular formula is C6H5N5O. The lowest BCUT2D eigenvalue weighted by atomic mass is 10.4. The molecule has 0 radical (unpaired) electrons. The fourth-order valence-corrected chi connectivity index (χ4v) is 0.710. The summed E-state index contributed by atoms with van der Waals surface area (Å²) in [5.74, 6) is 0.900. The molecule has 0 aliphatic carbocycles. The fraction of sp³-hybridized carbons (Fsp3) is 0.167. The van der Waals surface area contributed by atoms with Gasteiger partial charge in [0.15, 0.2) is 11.5 Å². The summed E-state index contributed by atoms with van der Waals surface area (Å²) in [5.41, 5.74) is 0.537. The molecule has 2 aromatic heterocycles. The first-order valence-corrected chi connectivity index (χ1v) is 3.31. The van der Waals surface area contributed by atoms with Crippen LogP contribution in [0.25, 0.3) is 11.5 Å². The van der Waals surface area contributed by atoms with Gasteiger partial charge >= 0.3 is 0 Å². The van der Waals surface area contributed by atoms with Crippen LogP contribution in [0.15, 0.2) is 16.9 Å². The van der Waals surface area contributed by atoms with E-state index in [-0.39, 0.29) is 0 Å². The van der Waals surface area contributed by atoms with Crippen molar-refractivity contribution >= 4 is 0 Å². The summed E-state index contributed by atoms with van der Waals surface area (Å²) >= 11 is 0. The number of aryl methyl sites for hydroxylation is 1. The van der Waals surface area contributed by atoms with Crippen molar-refractivity contribution in [3.8, 4) is 11.5 Å². The van der Waals surface area contributed by atoms with E-state index in [1.54, 1.807) is 13.0 Å². The zero-order valence-electron chi connectivity index (χ0n) is 6.30. The first-order chi connectivity index (χ1) is 5.86. The predicted octanol–water partition coefficient (Wildman–Crippen LogP) is 0.230. The van der Waals surface area contributed by atoms with E-state index in [1.165, 1.54) is 6.26 Å². The van der Waals surface area contributed by atoms with Gasteiger partial charge in [0, 0.05) is 6.07 Å². The fourth-order valence-electron chi connectivity index (χ4n) is 0.710. The normalized spacial score (nSPS) is 10.1. The number of hydrogen-bond donors (Lipinski definition) is 0. The van der Waals surface area contributed by atoms with Crippen molar-refractivity contribution in [3.05, 3.63) is 18.2 Å². The van der Waals surface area contributed by atoms with Crippen LogP contribution >= 0.6 is 0 Å². The Morgan fingerprint density at radius 1 is 1.17 bits per heavy atom. The maximum absolute atomic E-state index is 4.61. The van der Waals surface area contributed by atoms with Crippen molar-refractivity contribution in [1.82, 2.24) is 25.6 Å². The summed E-state index contributed by atoms with van der Waals surface area (Å²) in [6.45, 7) is 1.71. The van der Waals surface area contributed by atoms with Crippen molar-refractivity contribution in [3.63, 3.8) is 0 Å². The van der Waals surface area contributed by atoms with E-state index < -0.39 is 0 Å². The number of hydrogen-bond acceptors (Lipinski definition) is 6. The second-order valence-electron chi connectivity index (χ2n) is 2.16. The molecule has 0 amide bonds. The van der Waals surface area contributed by atoms with Gasteiger partial charge < -0.3 is 4.52 Å². The molecule has 0 saturated heterocycles. The van der Waals surface area contributed by atoms with Gasteiger partial charge in [-0.25, -0.2) is 0 Å². The molecule has 2 heterocycles. The monoisotopic (exact) mass is 163 g/mol. The number of nitrogens with zero attached hydrogens (tertiary/aromatic N) is 5. The Morgan fingerprint density at radius 2 is 1.92 bits per heavy atom. The third-order valence-electron chi connectivity index (χ3n) is 1.25. The Labute approximate surface area is 67.6 Å². The molecule has 0 aliphatic rings. The van der Waals surface area contributed by atoms with E-state index >= 15 is 0 Å². The van der Waals surface area contributed by atoms with E-state index in [9.17, 15) is 0 Å². The van der Waals surface area contributed by atoms with E-state index in [1.807, 2.05) is 0 Å². The van der Waals surface area contributed by atoms with Gasteiger partial charge in [0.2, 0.25) is 5.82 Å². The highest BCUT2D eigenvalue weighted by atomic mass is 16.5. The SMILES string of the molecule is Cc1nnc(-c2ccon2)nn1. The van der Waals surface area contributed by atoms with Crippen molar-refractivity contribution in [2.75, 3.05) is 0 Å². The molecule has 12 heavy (non-hydrogen) atoms. The van der Waals surface area contributed by atoms with Gasteiger partial charge in [0.25, 0.3) is 0 Å². The van der Waals surface area contributed by atoms with Crippen LogP contribution in [0.5, 0.6) is 0 Å². The molecular weight excluding hydrogens is 158 g/mol. The molecule has 0 saturated carbocycles. The molecule has 0 N–H and O–H groups in total. The van der Waals surface area contributed by atoms with Crippen molar-refractivity contribution in [2.24, 2.45) is 0 Å². The standard InChI is InChI=1S/C6H5N5O/c1-4-7-9-6(10-8-4)5-2-3-12-11-5/h2-3H,1H3. The average molecular weight is 163 g/mol. The van der Waals surface area contributed by atoms with E-state index in [0.29, 0.717) is 17.3 Å². The minimum Gasteiger partial charge on any atom is -0.364 e. The molecule has 2 rings (SSSR count). The lowest BCUT2D eigenvalue weighted by Gasteiger charge is -1.89. The lowest BCUT2D eigenvalue weighted by Crippen LogP contribution is -1.98. The first-order valence-electron chi connectivity index (χ1n) is 3.31. The van der Waals surface area contributed by atoms with E-state index in [2.05, 4.69) is 30.1 Å². The molecule has 6 heteroatoms. The average Bonchev–Trinajstić information content (AvgIpc) is 2.58. The Bertz CT molecular complexity index is 354. The summed E-state index contributed by atoms with van der Waals surface area (Å²) in [5, 5.41) is 18.6. The minimum atomic E-state index is 0.370. The topological polar surface area (TPSA) is 77.6 Å². The molecule has 0 aromatic carbocycles. The minimum absolute atomic E-state index is 0.370. The van der Waals surface area contributed by atoms with Crippen LogP contribution < -0.4 is 0 Å². The van der Waals surface area contributed by atoms with Gasteiger partial charge in [-0.15, -0.1) is 20.4 Å². The Morgan fingerprint density at radius 3 is 2.50 bits per heavy atom. The molecule has 0 atom stereocenters. The van der Waals surface area contributed by atoms with Crippen molar-refractivity contribution < 1.29 is 4.52 Å². The predicted molar refractivity (Wildman–Crippen MR) is 37.9 cm³/mol.